The standard InChI is InChI=1S/C16H23N3O/c1-2-11-20-16-6-3-5-15(12-16)13-17-7-4-9-19-10-8-18-14-19/h3,5-6,8,10,12,14,17H,2,4,7,9,11,13H2,1H3. The van der Waals surface area contributed by atoms with Crippen LogP contribution >= 0.6 is 0 Å². The van der Waals surface area contributed by atoms with Crippen LogP contribution in [0.3, 0.4) is 0 Å². The molecule has 1 aromatic carbocycles. The fraction of sp³-hybridized carbons (Fsp3) is 0.438. The van der Waals surface area contributed by atoms with Crippen LogP contribution in [0.25, 0.3) is 0 Å². The van der Waals surface area contributed by atoms with Crippen LogP contribution in [0.4, 0.5) is 0 Å². The van der Waals surface area contributed by atoms with Crippen molar-refractivity contribution < 1.29 is 4.74 Å². The third-order valence-electron chi connectivity index (χ3n) is 3.03. The van der Waals surface area contributed by atoms with E-state index in [2.05, 4.69) is 33.9 Å². The van der Waals surface area contributed by atoms with Gasteiger partial charge in [0.05, 0.1) is 12.9 Å². The Morgan fingerprint density at radius 3 is 3.10 bits per heavy atom. The molecule has 0 fully saturated rings. The summed E-state index contributed by atoms with van der Waals surface area (Å²) in [5, 5.41) is 3.46. The average molecular weight is 273 g/mol. The number of aromatic nitrogens is 2. The minimum atomic E-state index is 0.780. The third-order valence-corrected chi connectivity index (χ3v) is 3.03. The molecule has 0 amide bonds. The Hall–Kier alpha value is -1.81. The molecule has 1 aromatic heterocycles. The van der Waals surface area contributed by atoms with Crippen molar-refractivity contribution in [3.63, 3.8) is 0 Å². The number of ether oxygens (including phenoxy) is 1. The van der Waals surface area contributed by atoms with Crippen LogP contribution < -0.4 is 10.1 Å². The largest absolute Gasteiger partial charge is 0.494 e. The Kier molecular flexibility index (Phi) is 6.11. The Balaban J connectivity index is 1.65. The Labute approximate surface area is 120 Å². The molecule has 0 saturated heterocycles. The lowest BCUT2D eigenvalue weighted by molar-refractivity contribution is 0.317. The molecule has 0 aliphatic heterocycles. The molecule has 0 spiro atoms. The molecule has 2 rings (SSSR count). The number of nitrogens with one attached hydrogen (secondary N) is 1. The van der Waals surface area contributed by atoms with Gasteiger partial charge in [0.2, 0.25) is 0 Å². The summed E-state index contributed by atoms with van der Waals surface area (Å²) in [5.41, 5.74) is 1.27. The number of aryl methyl sites for hydroxylation is 1. The second-order valence-electron chi connectivity index (χ2n) is 4.83. The van der Waals surface area contributed by atoms with Gasteiger partial charge in [0, 0.05) is 25.5 Å². The van der Waals surface area contributed by atoms with Gasteiger partial charge in [-0.2, -0.15) is 0 Å². The van der Waals surface area contributed by atoms with Crippen LogP contribution in [0.1, 0.15) is 25.3 Å². The van der Waals surface area contributed by atoms with Crippen molar-refractivity contribution in [2.24, 2.45) is 0 Å². The lowest BCUT2D eigenvalue weighted by atomic mass is 10.2. The minimum absolute atomic E-state index is 0.780. The van der Waals surface area contributed by atoms with E-state index < -0.39 is 0 Å². The summed E-state index contributed by atoms with van der Waals surface area (Å²) in [5.74, 6) is 0.963. The van der Waals surface area contributed by atoms with Crippen molar-refractivity contribution in [1.82, 2.24) is 14.9 Å². The topological polar surface area (TPSA) is 39.1 Å². The van der Waals surface area contributed by atoms with E-state index in [4.69, 9.17) is 4.74 Å². The lowest BCUT2D eigenvalue weighted by Crippen LogP contribution is -2.16. The summed E-state index contributed by atoms with van der Waals surface area (Å²) >= 11 is 0. The summed E-state index contributed by atoms with van der Waals surface area (Å²) in [6.07, 6.45) is 7.80. The summed E-state index contributed by atoms with van der Waals surface area (Å²) in [4.78, 5) is 4.03. The Morgan fingerprint density at radius 1 is 1.35 bits per heavy atom. The van der Waals surface area contributed by atoms with Crippen LogP contribution in [0, 0.1) is 0 Å². The van der Waals surface area contributed by atoms with Crippen LogP contribution in [0.15, 0.2) is 43.0 Å². The molecule has 0 unspecified atom stereocenters. The molecule has 20 heavy (non-hydrogen) atoms. The fourth-order valence-corrected chi connectivity index (χ4v) is 2.00. The molecule has 1 heterocycles. The Morgan fingerprint density at radius 2 is 2.30 bits per heavy atom. The molecular formula is C16H23N3O. The molecular weight excluding hydrogens is 250 g/mol. The summed E-state index contributed by atoms with van der Waals surface area (Å²) in [6, 6.07) is 8.30. The Bertz CT molecular complexity index is 482. The van der Waals surface area contributed by atoms with Gasteiger partial charge in [-0.15, -0.1) is 0 Å². The van der Waals surface area contributed by atoms with Gasteiger partial charge in [-0.05, 0) is 37.1 Å². The van der Waals surface area contributed by atoms with Crippen molar-refractivity contribution in [3.05, 3.63) is 48.5 Å². The minimum Gasteiger partial charge on any atom is -0.494 e. The van der Waals surface area contributed by atoms with Gasteiger partial charge in [-0.1, -0.05) is 19.1 Å². The third kappa shape index (κ3) is 5.05. The summed E-state index contributed by atoms with van der Waals surface area (Å²) < 4.78 is 7.73. The zero-order valence-electron chi connectivity index (χ0n) is 12.1. The molecule has 0 atom stereocenters. The van der Waals surface area contributed by atoms with E-state index in [0.29, 0.717) is 0 Å². The number of benzene rings is 1. The average Bonchev–Trinajstić information content (AvgIpc) is 2.98. The summed E-state index contributed by atoms with van der Waals surface area (Å²) in [6.45, 7) is 5.78. The molecule has 0 saturated carbocycles. The van der Waals surface area contributed by atoms with Gasteiger partial charge >= 0.3 is 0 Å². The molecule has 4 heteroatoms. The molecule has 0 bridgehead atoms. The van der Waals surface area contributed by atoms with E-state index in [1.807, 2.05) is 30.9 Å². The highest BCUT2D eigenvalue weighted by Crippen LogP contribution is 2.13. The van der Waals surface area contributed by atoms with Crippen LogP contribution in [0.5, 0.6) is 5.75 Å². The predicted molar refractivity (Wildman–Crippen MR) is 80.8 cm³/mol. The molecule has 0 aliphatic carbocycles. The first-order valence-corrected chi connectivity index (χ1v) is 7.26. The highest BCUT2D eigenvalue weighted by Gasteiger charge is 1.97. The van der Waals surface area contributed by atoms with Gasteiger partial charge in [-0.25, -0.2) is 4.98 Å². The van der Waals surface area contributed by atoms with Crippen molar-refractivity contribution in [1.29, 1.82) is 0 Å². The van der Waals surface area contributed by atoms with Gasteiger partial charge in [0.1, 0.15) is 5.75 Å². The number of rotatable bonds is 9. The monoisotopic (exact) mass is 273 g/mol. The quantitative estimate of drug-likeness (QED) is 0.714. The maximum absolute atomic E-state index is 5.63. The normalized spacial score (nSPS) is 10.7. The first-order valence-electron chi connectivity index (χ1n) is 7.26. The zero-order chi connectivity index (χ0) is 14.0. The van der Waals surface area contributed by atoms with Crippen molar-refractivity contribution in [3.8, 4) is 5.75 Å². The lowest BCUT2D eigenvalue weighted by Gasteiger charge is -2.08. The van der Waals surface area contributed by atoms with E-state index in [1.54, 1.807) is 0 Å². The van der Waals surface area contributed by atoms with Gasteiger partial charge < -0.3 is 14.6 Å². The molecule has 4 nitrogen and oxygen atoms in total. The smallest absolute Gasteiger partial charge is 0.119 e. The molecule has 1 N–H and O–H groups in total. The van der Waals surface area contributed by atoms with E-state index >= 15 is 0 Å². The van der Waals surface area contributed by atoms with E-state index in [-0.39, 0.29) is 0 Å². The number of nitrogens with zero attached hydrogens (tertiary/aromatic N) is 2. The zero-order valence-corrected chi connectivity index (χ0v) is 12.1. The second kappa shape index (κ2) is 8.38. The van der Waals surface area contributed by atoms with Crippen LogP contribution in [-0.2, 0) is 13.1 Å². The van der Waals surface area contributed by atoms with Crippen molar-refractivity contribution >= 4 is 0 Å². The maximum Gasteiger partial charge on any atom is 0.119 e. The van der Waals surface area contributed by atoms with Crippen LogP contribution in [-0.4, -0.2) is 22.7 Å². The first-order chi connectivity index (χ1) is 9.88. The van der Waals surface area contributed by atoms with Crippen molar-refractivity contribution in [2.45, 2.75) is 32.9 Å². The van der Waals surface area contributed by atoms with E-state index in [1.165, 1.54) is 5.56 Å². The van der Waals surface area contributed by atoms with Gasteiger partial charge in [0.25, 0.3) is 0 Å². The number of hydrogen-bond acceptors (Lipinski definition) is 3. The summed E-state index contributed by atoms with van der Waals surface area (Å²) in [7, 11) is 0. The molecule has 0 radical (unpaired) electrons. The maximum atomic E-state index is 5.63. The highest BCUT2D eigenvalue weighted by molar-refractivity contribution is 5.28. The van der Waals surface area contributed by atoms with Crippen molar-refractivity contribution in [2.75, 3.05) is 13.2 Å². The van der Waals surface area contributed by atoms with E-state index in [0.717, 1.165) is 44.8 Å². The predicted octanol–water partition coefficient (Wildman–Crippen LogP) is 2.85. The molecule has 0 aliphatic rings. The van der Waals surface area contributed by atoms with Crippen LogP contribution in [0.2, 0.25) is 0 Å². The number of hydrogen-bond donors (Lipinski definition) is 1. The fourth-order valence-electron chi connectivity index (χ4n) is 2.00. The number of imidazole rings is 1. The highest BCUT2D eigenvalue weighted by atomic mass is 16.5. The van der Waals surface area contributed by atoms with Gasteiger partial charge in [0.15, 0.2) is 0 Å². The SMILES string of the molecule is CCCOc1cccc(CNCCCn2ccnc2)c1. The van der Waals surface area contributed by atoms with Gasteiger partial charge in [-0.3, -0.25) is 0 Å². The second-order valence-corrected chi connectivity index (χ2v) is 4.83. The van der Waals surface area contributed by atoms with E-state index in [9.17, 15) is 0 Å². The molecule has 108 valence electrons. The first kappa shape index (κ1) is 14.6. The molecule has 2 aromatic rings.